The lowest BCUT2D eigenvalue weighted by molar-refractivity contribution is 1.22. The molecule has 0 saturated heterocycles. The first-order valence-electron chi connectivity index (χ1n) is 4.84. The van der Waals surface area contributed by atoms with Crippen molar-refractivity contribution in [2.45, 2.75) is 11.8 Å². The summed E-state index contributed by atoms with van der Waals surface area (Å²) in [7, 11) is 0. The standard InChI is InChI=1S/C12H8Br3ClS/c1-6-9(14)5-11(17-6)12(15)8-4-7(13)2-3-10(8)16/h2-5,12H,1H3. The highest BCUT2D eigenvalue weighted by Crippen LogP contribution is 2.41. The lowest BCUT2D eigenvalue weighted by atomic mass is 10.1. The predicted octanol–water partition coefficient (Wildman–Crippen LogP) is 6.72. The molecule has 0 nitrogen and oxygen atoms in total. The number of alkyl halides is 1. The molecule has 2 aromatic rings. The smallest absolute Gasteiger partial charge is 0.0753 e. The van der Waals surface area contributed by atoms with Crippen molar-refractivity contribution in [1.29, 1.82) is 0 Å². The Balaban J connectivity index is 2.42. The molecule has 1 aromatic heterocycles. The molecule has 0 N–H and O–H groups in total. The third kappa shape index (κ3) is 3.16. The maximum absolute atomic E-state index is 6.23. The fraction of sp³-hybridized carbons (Fsp3) is 0.167. The molecule has 1 aromatic carbocycles. The van der Waals surface area contributed by atoms with E-state index >= 15 is 0 Å². The van der Waals surface area contributed by atoms with E-state index in [1.54, 1.807) is 11.3 Å². The van der Waals surface area contributed by atoms with Crippen molar-refractivity contribution in [2.75, 3.05) is 0 Å². The van der Waals surface area contributed by atoms with Gasteiger partial charge in [0.2, 0.25) is 0 Å². The van der Waals surface area contributed by atoms with Gasteiger partial charge in [0.1, 0.15) is 0 Å². The number of rotatable bonds is 2. The van der Waals surface area contributed by atoms with Crippen LogP contribution in [0.1, 0.15) is 20.1 Å². The minimum Gasteiger partial charge on any atom is -0.143 e. The normalized spacial score (nSPS) is 12.8. The van der Waals surface area contributed by atoms with Crippen LogP contribution in [0.2, 0.25) is 5.02 Å². The minimum absolute atomic E-state index is 0.127. The van der Waals surface area contributed by atoms with E-state index in [2.05, 4.69) is 60.8 Å². The van der Waals surface area contributed by atoms with Crippen molar-refractivity contribution >= 4 is 70.7 Å². The van der Waals surface area contributed by atoms with Gasteiger partial charge in [0.05, 0.1) is 4.83 Å². The van der Waals surface area contributed by atoms with Gasteiger partial charge in [0, 0.05) is 23.7 Å². The maximum atomic E-state index is 6.23. The lowest BCUT2D eigenvalue weighted by Crippen LogP contribution is -1.90. The second-order valence-electron chi connectivity index (χ2n) is 3.58. The highest BCUT2D eigenvalue weighted by Gasteiger charge is 2.17. The first kappa shape index (κ1) is 14.1. The van der Waals surface area contributed by atoms with Crippen molar-refractivity contribution in [3.05, 3.63) is 53.6 Å². The number of thiophene rings is 1. The number of halogens is 4. The Morgan fingerprint density at radius 1 is 1.24 bits per heavy atom. The Kier molecular flexibility index (Phi) is 4.75. The zero-order chi connectivity index (χ0) is 12.6. The van der Waals surface area contributed by atoms with E-state index in [1.165, 1.54) is 9.75 Å². The lowest BCUT2D eigenvalue weighted by Gasteiger charge is -2.10. The molecule has 1 atom stereocenters. The number of benzene rings is 1. The van der Waals surface area contributed by atoms with E-state index in [4.69, 9.17) is 11.6 Å². The third-order valence-electron chi connectivity index (χ3n) is 2.36. The van der Waals surface area contributed by atoms with Gasteiger partial charge in [-0.1, -0.05) is 43.5 Å². The first-order chi connectivity index (χ1) is 7.99. The van der Waals surface area contributed by atoms with E-state index in [0.717, 1.165) is 19.5 Å². The molecule has 0 fully saturated rings. The van der Waals surface area contributed by atoms with Gasteiger partial charge in [-0.3, -0.25) is 0 Å². The molecule has 17 heavy (non-hydrogen) atoms. The van der Waals surface area contributed by atoms with Gasteiger partial charge in [0.25, 0.3) is 0 Å². The zero-order valence-electron chi connectivity index (χ0n) is 8.81. The third-order valence-corrected chi connectivity index (χ3v) is 6.69. The first-order valence-corrected chi connectivity index (χ1v) is 8.53. The highest BCUT2D eigenvalue weighted by molar-refractivity contribution is 9.11. The largest absolute Gasteiger partial charge is 0.143 e. The van der Waals surface area contributed by atoms with Crippen LogP contribution in [-0.2, 0) is 0 Å². The van der Waals surface area contributed by atoms with Crippen LogP contribution < -0.4 is 0 Å². The van der Waals surface area contributed by atoms with E-state index in [1.807, 2.05) is 18.2 Å². The monoisotopic (exact) mass is 456 g/mol. The topological polar surface area (TPSA) is 0 Å². The van der Waals surface area contributed by atoms with Crippen LogP contribution in [0.15, 0.2) is 33.2 Å². The van der Waals surface area contributed by atoms with Crippen LogP contribution in [0.4, 0.5) is 0 Å². The number of aryl methyl sites for hydroxylation is 1. The Bertz CT molecular complexity index is 531. The van der Waals surface area contributed by atoms with Crippen molar-refractivity contribution in [2.24, 2.45) is 0 Å². The van der Waals surface area contributed by atoms with Gasteiger partial charge in [-0.2, -0.15) is 0 Å². The molecule has 0 saturated carbocycles. The Morgan fingerprint density at radius 3 is 2.53 bits per heavy atom. The summed E-state index contributed by atoms with van der Waals surface area (Å²) in [6, 6.07) is 8.03. The molecule has 90 valence electrons. The summed E-state index contributed by atoms with van der Waals surface area (Å²) in [6.07, 6.45) is 0. The average Bonchev–Trinajstić information content (AvgIpc) is 2.62. The summed E-state index contributed by atoms with van der Waals surface area (Å²) in [5, 5.41) is 0.775. The summed E-state index contributed by atoms with van der Waals surface area (Å²) < 4.78 is 2.18. The van der Waals surface area contributed by atoms with E-state index in [0.29, 0.717) is 0 Å². The molecule has 1 heterocycles. The van der Waals surface area contributed by atoms with Crippen LogP contribution >= 0.6 is 70.7 Å². The fourth-order valence-electron chi connectivity index (χ4n) is 1.47. The van der Waals surface area contributed by atoms with E-state index < -0.39 is 0 Å². The Hall–Kier alpha value is 0.650. The van der Waals surface area contributed by atoms with Crippen molar-refractivity contribution in [1.82, 2.24) is 0 Å². The summed E-state index contributed by atoms with van der Waals surface area (Å²) in [4.78, 5) is 2.65. The minimum atomic E-state index is 0.127. The Morgan fingerprint density at radius 2 is 1.94 bits per heavy atom. The van der Waals surface area contributed by atoms with Crippen LogP contribution in [-0.4, -0.2) is 0 Å². The molecule has 2 rings (SSSR count). The fourth-order valence-corrected chi connectivity index (χ4v) is 4.56. The molecule has 0 spiro atoms. The van der Waals surface area contributed by atoms with Crippen LogP contribution in [0, 0.1) is 6.92 Å². The summed E-state index contributed by atoms with van der Waals surface area (Å²) in [5.41, 5.74) is 1.08. The second kappa shape index (κ2) is 5.74. The highest BCUT2D eigenvalue weighted by atomic mass is 79.9. The Labute approximate surface area is 135 Å². The molecular formula is C12H8Br3ClS. The van der Waals surface area contributed by atoms with Crippen molar-refractivity contribution < 1.29 is 0 Å². The quantitative estimate of drug-likeness (QED) is 0.438. The molecule has 0 aliphatic rings. The number of hydrogen-bond acceptors (Lipinski definition) is 1. The van der Waals surface area contributed by atoms with Gasteiger partial charge in [0.15, 0.2) is 0 Å². The molecule has 0 aliphatic carbocycles. The SMILES string of the molecule is Cc1sc(C(Br)c2cc(Br)ccc2Cl)cc1Br. The van der Waals surface area contributed by atoms with Gasteiger partial charge >= 0.3 is 0 Å². The van der Waals surface area contributed by atoms with Gasteiger partial charge in [-0.25, -0.2) is 0 Å². The molecule has 0 radical (unpaired) electrons. The molecule has 5 heteroatoms. The van der Waals surface area contributed by atoms with Crippen molar-refractivity contribution in [3.8, 4) is 0 Å². The summed E-state index contributed by atoms with van der Waals surface area (Å²) >= 11 is 18.7. The van der Waals surface area contributed by atoms with E-state index in [-0.39, 0.29) is 4.83 Å². The predicted molar refractivity (Wildman–Crippen MR) is 86.7 cm³/mol. The van der Waals surface area contributed by atoms with Crippen molar-refractivity contribution in [3.63, 3.8) is 0 Å². The average molecular weight is 459 g/mol. The molecule has 0 bridgehead atoms. The van der Waals surface area contributed by atoms with E-state index in [9.17, 15) is 0 Å². The zero-order valence-corrected chi connectivity index (χ0v) is 15.1. The maximum Gasteiger partial charge on any atom is 0.0753 e. The molecule has 1 unspecified atom stereocenters. The number of hydrogen-bond donors (Lipinski definition) is 0. The van der Waals surface area contributed by atoms with Crippen LogP contribution in [0.3, 0.4) is 0 Å². The van der Waals surface area contributed by atoms with Gasteiger partial charge in [-0.05, 0) is 52.7 Å². The van der Waals surface area contributed by atoms with Crippen LogP contribution in [0.5, 0.6) is 0 Å². The van der Waals surface area contributed by atoms with Crippen LogP contribution in [0.25, 0.3) is 0 Å². The summed E-state index contributed by atoms with van der Waals surface area (Å²) in [5.74, 6) is 0. The molecule has 0 aliphatic heterocycles. The van der Waals surface area contributed by atoms with Gasteiger partial charge in [-0.15, -0.1) is 11.3 Å². The molecule has 0 amide bonds. The summed E-state index contributed by atoms with van der Waals surface area (Å²) in [6.45, 7) is 2.10. The van der Waals surface area contributed by atoms with Gasteiger partial charge < -0.3 is 0 Å². The molecular weight excluding hydrogens is 451 g/mol. The second-order valence-corrected chi connectivity index (χ2v) is 7.96.